The lowest BCUT2D eigenvalue weighted by atomic mass is 9.64. The van der Waals surface area contributed by atoms with Crippen LogP contribution in [0, 0.1) is 11.3 Å². The second kappa shape index (κ2) is 7.87. The van der Waals surface area contributed by atoms with Gasteiger partial charge in [-0.15, -0.1) is 0 Å². The molecule has 0 fully saturated rings. The molecule has 0 bridgehead atoms. The summed E-state index contributed by atoms with van der Waals surface area (Å²) in [5, 5.41) is 10.6. The van der Waals surface area contributed by atoms with E-state index >= 15 is 0 Å². The van der Waals surface area contributed by atoms with Crippen molar-refractivity contribution in [2.45, 2.75) is 12.3 Å². The Bertz CT molecular complexity index is 1530. The van der Waals surface area contributed by atoms with Gasteiger partial charge in [0.15, 0.2) is 0 Å². The highest BCUT2D eigenvalue weighted by molar-refractivity contribution is 6.09. The summed E-state index contributed by atoms with van der Waals surface area (Å²) in [6, 6.07) is 42.7. The monoisotopic (exact) mass is 433 g/mol. The van der Waals surface area contributed by atoms with Crippen LogP contribution in [-0.4, -0.2) is 0 Å². The molecule has 0 aliphatic heterocycles. The number of rotatable bonds is 3. The standard InChI is InChI=1S/C33H23N/c1-33-29-20-12-11-19-26(29)31(25-17-9-4-10-18-25)32(33)28(24-15-7-3-8-16-24)21-27(30(33)22-34)23-13-5-2-6-14-23/h2-21H,1H3/t33-/m0/s1. The molecular weight excluding hydrogens is 410 g/mol. The van der Waals surface area contributed by atoms with E-state index in [9.17, 15) is 5.26 Å². The first-order chi connectivity index (χ1) is 16.7. The van der Waals surface area contributed by atoms with Crippen molar-refractivity contribution < 1.29 is 0 Å². The summed E-state index contributed by atoms with van der Waals surface area (Å²) in [5.41, 5.74) is 10.6. The average molecular weight is 434 g/mol. The Morgan fingerprint density at radius 3 is 1.76 bits per heavy atom. The Hall–Kier alpha value is -4.41. The Labute approximate surface area is 200 Å². The summed E-state index contributed by atoms with van der Waals surface area (Å²) < 4.78 is 0. The molecule has 4 aromatic rings. The molecule has 1 nitrogen and oxygen atoms in total. The van der Waals surface area contributed by atoms with Crippen molar-refractivity contribution in [3.8, 4) is 6.07 Å². The van der Waals surface area contributed by atoms with Gasteiger partial charge in [0.25, 0.3) is 0 Å². The molecule has 0 amide bonds. The van der Waals surface area contributed by atoms with Crippen LogP contribution in [0.25, 0.3) is 16.7 Å². The zero-order valence-corrected chi connectivity index (χ0v) is 19.0. The predicted octanol–water partition coefficient (Wildman–Crippen LogP) is 7.83. The number of hydrogen-bond acceptors (Lipinski definition) is 1. The molecule has 6 rings (SSSR count). The maximum absolute atomic E-state index is 10.6. The molecule has 0 radical (unpaired) electrons. The Morgan fingerprint density at radius 1 is 0.618 bits per heavy atom. The van der Waals surface area contributed by atoms with Crippen molar-refractivity contribution in [1.82, 2.24) is 0 Å². The van der Waals surface area contributed by atoms with Gasteiger partial charge in [-0.3, -0.25) is 0 Å². The van der Waals surface area contributed by atoms with Gasteiger partial charge in [-0.2, -0.15) is 5.26 Å². The molecule has 0 N–H and O–H groups in total. The number of fused-ring (bicyclic) bond motifs is 3. The first-order valence-corrected chi connectivity index (χ1v) is 11.6. The summed E-state index contributed by atoms with van der Waals surface area (Å²) >= 11 is 0. The third-order valence-electron chi connectivity index (χ3n) is 7.16. The summed E-state index contributed by atoms with van der Waals surface area (Å²) in [7, 11) is 0. The highest BCUT2D eigenvalue weighted by atomic mass is 14.5. The Morgan fingerprint density at radius 2 is 1.15 bits per heavy atom. The van der Waals surface area contributed by atoms with Crippen LogP contribution in [0.5, 0.6) is 0 Å². The second-order valence-corrected chi connectivity index (χ2v) is 8.98. The predicted molar refractivity (Wildman–Crippen MR) is 140 cm³/mol. The first-order valence-electron chi connectivity index (χ1n) is 11.6. The molecule has 2 aliphatic rings. The number of nitrogens with zero attached hydrogens (tertiary/aromatic N) is 1. The van der Waals surface area contributed by atoms with Gasteiger partial charge in [0.1, 0.15) is 0 Å². The molecule has 1 heteroatoms. The minimum atomic E-state index is -0.554. The number of hydrogen-bond donors (Lipinski definition) is 0. The number of nitriles is 1. The third-order valence-corrected chi connectivity index (χ3v) is 7.16. The van der Waals surface area contributed by atoms with Gasteiger partial charge < -0.3 is 0 Å². The smallest absolute Gasteiger partial charge is 0.0966 e. The summed E-state index contributed by atoms with van der Waals surface area (Å²) in [4.78, 5) is 0. The molecule has 0 heterocycles. The first kappa shape index (κ1) is 20.2. The lowest BCUT2D eigenvalue weighted by Crippen LogP contribution is -2.29. The SMILES string of the molecule is C[C@]12C(C#N)=C(c3ccccc3)C=C(c3ccccc3)C1=C(c1ccccc1)c1ccccc12. The fourth-order valence-electron chi connectivity index (χ4n) is 5.65. The molecule has 1 atom stereocenters. The zero-order valence-electron chi connectivity index (χ0n) is 19.0. The van der Waals surface area contributed by atoms with Gasteiger partial charge in [-0.25, -0.2) is 0 Å². The third kappa shape index (κ3) is 2.86. The van der Waals surface area contributed by atoms with Crippen LogP contribution in [-0.2, 0) is 5.41 Å². The fraction of sp³-hybridized carbons (Fsp3) is 0.0606. The number of benzene rings is 4. The minimum Gasteiger partial charge on any atom is -0.193 e. The summed E-state index contributed by atoms with van der Waals surface area (Å²) in [6.45, 7) is 2.23. The summed E-state index contributed by atoms with van der Waals surface area (Å²) in [6.07, 6.45) is 2.23. The van der Waals surface area contributed by atoms with Crippen molar-refractivity contribution in [3.63, 3.8) is 0 Å². The lowest BCUT2D eigenvalue weighted by Gasteiger charge is -2.36. The van der Waals surface area contributed by atoms with E-state index in [1.54, 1.807) is 0 Å². The lowest BCUT2D eigenvalue weighted by molar-refractivity contribution is 0.712. The highest BCUT2D eigenvalue weighted by Crippen LogP contribution is 2.60. The van der Waals surface area contributed by atoms with Crippen LogP contribution >= 0.6 is 0 Å². The van der Waals surface area contributed by atoms with Gasteiger partial charge in [0, 0.05) is 0 Å². The molecule has 0 saturated carbocycles. The average Bonchev–Trinajstić information content (AvgIpc) is 3.18. The highest BCUT2D eigenvalue weighted by Gasteiger charge is 2.49. The zero-order chi connectivity index (χ0) is 23.1. The molecular formula is C33H23N. The van der Waals surface area contributed by atoms with Crippen molar-refractivity contribution >= 4 is 16.7 Å². The van der Waals surface area contributed by atoms with Gasteiger partial charge in [0.2, 0.25) is 0 Å². The molecule has 0 aromatic heterocycles. The topological polar surface area (TPSA) is 23.8 Å². The van der Waals surface area contributed by atoms with E-state index < -0.39 is 5.41 Å². The van der Waals surface area contributed by atoms with Gasteiger partial charge in [0.05, 0.1) is 17.1 Å². The van der Waals surface area contributed by atoms with Gasteiger partial charge in [-0.05, 0) is 63.1 Å². The van der Waals surface area contributed by atoms with E-state index in [0.29, 0.717) is 0 Å². The van der Waals surface area contributed by atoms with Crippen molar-refractivity contribution in [1.29, 1.82) is 5.26 Å². The van der Waals surface area contributed by atoms with Crippen LogP contribution in [0.3, 0.4) is 0 Å². The van der Waals surface area contributed by atoms with Gasteiger partial charge in [-0.1, -0.05) is 115 Å². The van der Waals surface area contributed by atoms with Crippen LogP contribution in [0.2, 0.25) is 0 Å². The summed E-state index contributed by atoms with van der Waals surface area (Å²) in [5.74, 6) is 0. The molecule has 2 aliphatic carbocycles. The van der Waals surface area contributed by atoms with Crippen LogP contribution in [0.1, 0.15) is 34.7 Å². The largest absolute Gasteiger partial charge is 0.193 e. The maximum Gasteiger partial charge on any atom is 0.0966 e. The molecule has 4 aromatic carbocycles. The van der Waals surface area contributed by atoms with E-state index in [1.807, 2.05) is 18.2 Å². The minimum absolute atomic E-state index is 0.554. The van der Waals surface area contributed by atoms with Gasteiger partial charge >= 0.3 is 0 Å². The van der Waals surface area contributed by atoms with Crippen molar-refractivity contribution in [2.75, 3.05) is 0 Å². The second-order valence-electron chi connectivity index (χ2n) is 8.98. The van der Waals surface area contributed by atoms with E-state index in [4.69, 9.17) is 0 Å². The maximum atomic E-state index is 10.6. The van der Waals surface area contributed by atoms with E-state index in [1.165, 1.54) is 33.4 Å². The molecule has 0 unspecified atom stereocenters. The van der Waals surface area contributed by atoms with Crippen molar-refractivity contribution in [3.05, 3.63) is 160 Å². The van der Waals surface area contributed by atoms with E-state index in [0.717, 1.165) is 22.3 Å². The van der Waals surface area contributed by atoms with E-state index in [2.05, 4.69) is 116 Å². The molecule has 0 spiro atoms. The van der Waals surface area contributed by atoms with Crippen LogP contribution in [0.4, 0.5) is 0 Å². The molecule has 34 heavy (non-hydrogen) atoms. The quantitative estimate of drug-likeness (QED) is 0.323. The normalized spacial score (nSPS) is 18.8. The van der Waals surface area contributed by atoms with Crippen molar-refractivity contribution in [2.24, 2.45) is 0 Å². The number of allylic oxidation sites excluding steroid dienone is 5. The molecule has 0 saturated heterocycles. The van der Waals surface area contributed by atoms with Crippen LogP contribution < -0.4 is 0 Å². The Kier molecular flexibility index (Phi) is 4.68. The Balaban J connectivity index is 1.78. The van der Waals surface area contributed by atoms with E-state index in [-0.39, 0.29) is 0 Å². The fourth-order valence-corrected chi connectivity index (χ4v) is 5.65. The molecule has 160 valence electrons. The van der Waals surface area contributed by atoms with Crippen LogP contribution in [0.15, 0.2) is 132 Å².